The van der Waals surface area contributed by atoms with E-state index >= 15 is 4.39 Å². The van der Waals surface area contributed by atoms with Crippen molar-refractivity contribution in [1.82, 2.24) is 19.9 Å². The predicted molar refractivity (Wildman–Crippen MR) is 154 cm³/mol. The molecule has 0 unspecified atom stereocenters. The summed E-state index contributed by atoms with van der Waals surface area (Å²) in [5, 5.41) is 2.55. The number of nitrogens with zero attached hydrogens (tertiary/aromatic N) is 5. The third-order valence-electron chi connectivity index (χ3n) is 7.76. The highest BCUT2D eigenvalue weighted by atomic mass is 19.4. The van der Waals surface area contributed by atoms with Crippen LogP contribution in [0.25, 0.3) is 11.1 Å². The standard InChI is InChI=1S/C29H33F4N7O3/c1-16-13-39(6-5-38(16)4)25-9-23(30)20(19-10-35-28(36-11-19)40-14-17(2)43-18(3)15-40)7-24(25)37-27(42)21-12-34-26(41)8-22(21)29(31,32)33/h7-12,16-18H,5-6,13-15H2,1-4H3,(H,34,41)(H,37,42)/t16-,17-,18+/m0/s1. The van der Waals surface area contributed by atoms with Crippen molar-refractivity contribution in [3.63, 3.8) is 0 Å². The molecule has 4 heterocycles. The van der Waals surface area contributed by atoms with E-state index in [2.05, 4.69) is 25.2 Å². The molecule has 0 saturated carbocycles. The minimum Gasteiger partial charge on any atom is -0.372 e. The largest absolute Gasteiger partial charge is 0.417 e. The lowest BCUT2D eigenvalue weighted by atomic mass is 10.0. The van der Waals surface area contributed by atoms with Crippen LogP contribution in [-0.2, 0) is 10.9 Å². The predicted octanol–water partition coefficient (Wildman–Crippen LogP) is 4.00. The summed E-state index contributed by atoms with van der Waals surface area (Å²) < 4.78 is 62.6. The topological polar surface area (TPSA) is 107 Å². The summed E-state index contributed by atoms with van der Waals surface area (Å²) in [5.41, 5.74) is -2.32. The number of alkyl halides is 3. The Kier molecular flexibility index (Phi) is 8.43. The van der Waals surface area contributed by atoms with Crippen molar-refractivity contribution in [2.24, 2.45) is 0 Å². The van der Waals surface area contributed by atoms with E-state index in [0.29, 0.717) is 56.0 Å². The second-order valence-electron chi connectivity index (χ2n) is 11.1. The Balaban J connectivity index is 1.52. The van der Waals surface area contributed by atoms with Gasteiger partial charge in [-0.15, -0.1) is 0 Å². The van der Waals surface area contributed by atoms with Crippen LogP contribution in [0.3, 0.4) is 0 Å². The number of aromatic nitrogens is 3. The Morgan fingerprint density at radius 2 is 1.70 bits per heavy atom. The molecule has 0 spiro atoms. The first kappa shape index (κ1) is 30.4. The number of carbonyl (C=O) groups excluding carboxylic acids is 1. The van der Waals surface area contributed by atoms with Crippen molar-refractivity contribution in [2.45, 2.75) is 45.2 Å². The number of benzene rings is 1. The van der Waals surface area contributed by atoms with Gasteiger partial charge in [0.1, 0.15) is 5.82 Å². The number of H-pyrrole nitrogens is 1. The van der Waals surface area contributed by atoms with Crippen molar-refractivity contribution in [2.75, 3.05) is 54.9 Å². The summed E-state index contributed by atoms with van der Waals surface area (Å²) in [6.45, 7) is 8.76. The normalized spacial score (nSPS) is 21.6. The summed E-state index contributed by atoms with van der Waals surface area (Å²) >= 11 is 0. The van der Waals surface area contributed by atoms with Gasteiger partial charge in [0, 0.05) is 74.5 Å². The molecule has 230 valence electrons. The molecule has 5 rings (SSSR count). The molecule has 14 heteroatoms. The number of halogens is 4. The molecule has 0 radical (unpaired) electrons. The Morgan fingerprint density at radius 3 is 2.33 bits per heavy atom. The van der Waals surface area contributed by atoms with Crippen LogP contribution < -0.4 is 20.7 Å². The minimum absolute atomic E-state index is 0.0132. The second kappa shape index (κ2) is 11.9. The molecule has 3 aromatic rings. The first-order chi connectivity index (χ1) is 20.3. The van der Waals surface area contributed by atoms with Gasteiger partial charge in [-0.25, -0.2) is 14.4 Å². The molecular weight excluding hydrogens is 570 g/mol. The zero-order valence-electron chi connectivity index (χ0n) is 24.2. The maximum atomic E-state index is 15.7. The number of hydrogen-bond donors (Lipinski definition) is 2. The monoisotopic (exact) mass is 603 g/mol. The molecule has 0 aliphatic carbocycles. The zero-order valence-corrected chi connectivity index (χ0v) is 24.2. The number of nitrogens with one attached hydrogen (secondary N) is 2. The fraction of sp³-hybridized carbons (Fsp3) is 0.448. The molecule has 0 bridgehead atoms. The Bertz CT molecular complexity index is 1540. The fourth-order valence-electron chi connectivity index (χ4n) is 5.46. The smallest absolute Gasteiger partial charge is 0.372 e. The molecule has 3 atom stereocenters. The van der Waals surface area contributed by atoms with Gasteiger partial charge in [0.05, 0.1) is 34.7 Å². The van der Waals surface area contributed by atoms with Gasteiger partial charge >= 0.3 is 6.18 Å². The minimum atomic E-state index is -4.94. The quantitative estimate of drug-likeness (QED) is 0.422. The summed E-state index contributed by atoms with van der Waals surface area (Å²) in [7, 11) is 1.96. The molecule has 2 saturated heterocycles. The van der Waals surface area contributed by atoms with Gasteiger partial charge in [-0.1, -0.05) is 0 Å². The maximum Gasteiger partial charge on any atom is 0.417 e. The second-order valence-corrected chi connectivity index (χ2v) is 11.1. The van der Waals surface area contributed by atoms with E-state index in [1.807, 2.05) is 37.6 Å². The number of hydrogen-bond acceptors (Lipinski definition) is 8. The van der Waals surface area contributed by atoms with E-state index in [1.165, 1.54) is 24.5 Å². The van der Waals surface area contributed by atoms with Crippen molar-refractivity contribution in [3.8, 4) is 11.1 Å². The molecule has 1 aromatic carbocycles. The van der Waals surface area contributed by atoms with Crippen molar-refractivity contribution in [1.29, 1.82) is 0 Å². The van der Waals surface area contributed by atoms with E-state index < -0.39 is 34.6 Å². The number of pyridine rings is 1. The van der Waals surface area contributed by atoms with Crippen LogP contribution in [0.4, 0.5) is 34.9 Å². The average Bonchev–Trinajstić information content (AvgIpc) is 2.94. The number of ether oxygens (including phenoxy) is 1. The lowest BCUT2D eigenvalue weighted by molar-refractivity contribution is -0.138. The van der Waals surface area contributed by atoms with Gasteiger partial charge in [-0.3, -0.25) is 9.59 Å². The van der Waals surface area contributed by atoms with E-state index in [9.17, 15) is 22.8 Å². The molecule has 2 fully saturated rings. The average molecular weight is 604 g/mol. The molecule has 2 aliphatic heterocycles. The van der Waals surface area contributed by atoms with E-state index in [0.717, 1.165) is 6.20 Å². The number of likely N-dealkylation sites (N-methyl/N-ethyl adjacent to an activating group) is 1. The first-order valence-electron chi connectivity index (χ1n) is 13.9. The van der Waals surface area contributed by atoms with Crippen LogP contribution in [0.2, 0.25) is 0 Å². The molecule has 2 aliphatic rings. The van der Waals surface area contributed by atoms with Gasteiger partial charge in [0.2, 0.25) is 11.5 Å². The number of carbonyl (C=O) groups is 1. The summed E-state index contributed by atoms with van der Waals surface area (Å²) in [5.74, 6) is -1.25. The van der Waals surface area contributed by atoms with E-state index in [-0.39, 0.29) is 29.5 Å². The SMILES string of the molecule is C[C@@H]1CN(c2ncc(-c3cc(NC(=O)c4c[nH]c(=O)cc4C(F)(F)F)c(N4CCN(C)[C@@H](C)C4)cc3F)cn2)C[C@H](C)O1. The van der Waals surface area contributed by atoms with E-state index in [1.54, 1.807) is 0 Å². The van der Waals surface area contributed by atoms with E-state index in [4.69, 9.17) is 4.74 Å². The molecule has 43 heavy (non-hydrogen) atoms. The molecule has 1 amide bonds. The van der Waals surface area contributed by atoms with Gasteiger partial charge in [0.25, 0.3) is 5.91 Å². The number of piperazine rings is 1. The lowest BCUT2D eigenvalue weighted by Gasteiger charge is -2.39. The van der Waals surface area contributed by atoms with Gasteiger partial charge in [0.15, 0.2) is 0 Å². The third-order valence-corrected chi connectivity index (χ3v) is 7.76. The Labute approximate surface area is 245 Å². The highest BCUT2D eigenvalue weighted by Gasteiger charge is 2.36. The highest BCUT2D eigenvalue weighted by Crippen LogP contribution is 2.37. The van der Waals surface area contributed by atoms with Crippen LogP contribution in [-0.4, -0.2) is 83.8 Å². The Hall–Kier alpha value is -4.04. The molecule has 2 aromatic heterocycles. The highest BCUT2D eigenvalue weighted by molar-refractivity contribution is 6.07. The van der Waals surface area contributed by atoms with Crippen LogP contribution in [0.15, 0.2) is 41.6 Å². The van der Waals surface area contributed by atoms with Crippen LogP contribution in [0.1, 0.15) is 36.7 Å². The Morgan fingerprint density at radius 1 is 1.02 bits per heavy atom. The number of anilines is 3. The first-order valence-corrected chi connectivity index (χ1v) is 13.9. The molecular formula is C29H33F4N7O3. The maximum absolute atomic E-state index is 15.7. The van der Waals surface area contributed by atoms with Crippen molar-refractivity contribution >= 4 is 23.2 Å². The van der Waals surface area contributed by atoms with Gasteiger partial charge in [-0.05, 0) is 40.0 Å². The summed E-state index contributed by atoms with van der Waals surface area (Å²) in [4.78, 5) is 41.9. The molecule has 10 nitrogen and oxygen atoms in total. The third kappa shape index (κ3) is 6.64. The number of aromatic amines is 1. The lowest BCUT2D eigenvalue weighted by Crippen LogP contribution is -2.50. The van der Waals surface area contributed by atoms with Gasteiger partial charge < -0.3 is 29.7 Å². The van der Waals surface area contributed by atoms with Crippen molar-refractivity contribution in [3.05, 3.63) is 64.1 Å². The number of rotatable bonds is 5. The van der Waals surface area contributed by atoms with Crippen LogP contribution in [0.5, 0.6) is 0 Å². The summed E-state index contributed by atoms with van der Waals surface area (Å²) in [6.07, 6.45) is -1.31. The zero-order chi connectivity index (χ0) is 31.1. The van der Waals surface area contributed by atoms with Crippen molar-refractivity contribution < 1.29 is 27.1 Å². The van der Waals surface area contributed by atoms with Crippen LogP contribution in [0, 0.1) is 5.82 Å². The van der Waals surface area contributed by atoms with Gasteiger partial charge in [-0.2, -0.15) is 13.2 Å². The van der Waals surface area contributed by atoms with Crippen LogP contribution >= 0.6 is 0 Å². The number of amides is 1. The summed E-state index contributed by atoms with van der Waals surface area (Å²) in [6, 6.07) is 3.08. The fourth-order valence-corrected chi connectivity index (χ4v) is 5.46. The number of morpholine rings is 1. The molecule has 2 N–H and O–H groups in total.